The predicted molar refractivity (Wildman–Crippen MR) is 113 cm³/mol. The quantitative estimate of drug-likeness (QED) is 0.633. The number of fused-ring (bicyclic) bond motifs is 2. The standard InChI is InChI=1S/C22H26FN5OS/c1-3-19-9-20-21(30-19)4-7-29-22(20)5-6-27(15(2)10-22)13-17-14-28(26-25-17)18-8-16(23)11-24-12-18/h8-9,11-12,14-15H,3-7,10,13H2,1-2H3/t15-,22+/m0/s1. The summed E-state index contributed by atoms with van der Waals surface area (Å²) in [7, 11) is 0. The first-order valence-electron chi connectivity index (χ1n) is 10.6. The Morgan fingerprint density at radius 1 is 1.33 bits per heavy atom. The number of halogens is 1. The molecule has 1 saturated heterocycles. The fourth-order valence-corrected chi connectivity index (χ4v) is 5.92. The molecule has 2 aliphatic rings. The summed E-state index contributed by atoms with van der Waals surface area (Å²) in [6.07, 6.45) is 8.73. The van der Waals surface area contributed by atoms with Crippen molar-refractivity contribution in [1.82, 2.24) is 24.9 Å². The van der Waals surface area contributed by atoms with Gasteiger partial charge in [-0.25, -0.2) is 9.07 Å². The van der Waals surface area contributed by atoms with Gasteiger partial charge >= 0.3 is 0 Å². The van der Waals surface area contributed by atoms with E-state index < -0.39 is 0 Å². The van der Waals surface area contributed by atoms with Crippen molar-refractivity contribution in [3.8, 4) is 5.69 Å². The maximum Gasteiger partial charge on any atom is 0.143 e. The summed E-state index contributed by atoms with van der Waals surface area (Å²) in [5.74, 6) is -0.383. The molecule has 0 N–H and O–H groups in total. The van der Waals surface area contributed by atoms with Crippen LogP contribution in [-0.2, 0) is 29.7 Å². The van der Waals surface area contributed by atoms with Gasteiger partial charge < -0.3 is 4.74 Å². The van der Waals surface area contributed by atoms with Crippen molar-refractivity contribution < 1.29 is 9.13 Å². The molecule has 5 heterocycles. The summed E-state index contributed by atoms with van der Waals surface area (Å²) < 4.78 is 21.5. The minimum atomic E-state index is -0.383. The predicted octanol–water partition coefficient (Wildman–Crippen LogP) is 3.88. The van der Waals surface area contributed by atoms with Crippen molar-refractivity contribution in [3.05, 3.63) is 57.6 Å². The lowest BCUT2D eigenvalue weighted by Crippen LogP contribution is -2.50. The van der Waals surface area contributed by atoms with Gasteiger partial charge in [0.1, 0.15) is 5.82 Å². The SMILES string of the molecule is CCc1cc2c(s1)CCO[C@@]21CCN(Cc2cn(-c3cncc(F)c3)nn2)[C@@H](C)C1. The zero-order valence-corrected chi connectivity index (χ0v) is 18.2. The molecule has 0 aliphatic carbocycles. The van der Waals surface area contributed by atoms with Crippen LogP contribution in [0, 0.1) is 5.82 Å². The van der Waals surface area contributed by atoms with Gasteiger partial charge in [-0.3, -0.25) is 9.88 Å². The topological polar surface area (TPSA) is 56.1 Å². The van der Waals surface area contributed by atoms with Gasteiger partial charge in [-0.15, -0.1) is 16.4 Å². The highest BCUT2D eigenvalue weighted by Gasteiger charge is 2.44. The molecule has 3 aromatic rings. The van der Waals surface area contributed by atoms with Crippen LogP contribution in [0.5, 0.6) is 0 Å². The van der Waals surface area contributed by atoms with Crippen molar-refractivity contribution in [2.45, 2.75) is 57.7 Å². The second kappa shape index (κ2) is 7.83. The van der Waals surface area contributed by atoms with Crippen LogP contribution < -0.4 is 0 Å². The number of pyridine rings is 1. The van der Waals surface area contributed by atoms with Gasteiger partial charge in [0, 0.05) is 41.4 Å². The van der Waals surface area contributed by atoms with E-state index in [9.17, 15) is 4.39 Å². The number of hydrogen-bond acceptors (Lipinski definition) is 6. The van der Waals surface area contributed by atoms with Crippen molar-refractivity contribution in [3.63, 3.8) is 0 Å². The van der Waals surface area contributed by atoms with E-state index in [4.69, 9.17) is 4.74 Å². The molecule has 0 amide bonds. The summed E-state index contributed by atoms with van der Waals surface area (Å²) in [6.45, 7) is 6.98. The summed E-state index contributed by atoms with van der Waals surface area (Å²) in [4.78, 5) is 9.30. The summed E-state index contributed by atoms with van der Waals surface area (Å²) >= 11 is 1.96. The third kappa shape index (κ3) is 3.57. The molecule has 0 unspecified atom stereocenters. The molecule has 5 rings (SSSR count). The molecule has 0 bridgehead atoms. The average Bonchev–Trinajstić information content (AvgIpc) is 3.38. The van der Waals surface area contributed by atoms with Crippen LogP contribution in [0.2, 0.25) is 0 Å². The van der Waals surface area contributed by atoms with E-state index in [1.54, 1.807) is 10.9 Å². The third-order valence-electron chi connectivity index (χ3n) is 6.32. The van der Waals surface area contributed by atoms with Crippen LogP contribution in [0.1, 0.15) is 47.7 Å². The second-order valence-electron chi connectivity index (χ2n) is 8.29. The van der Waals surface area contributed by atoms with Crippen LogP contribution in [0.3, 0.4) is 0 Å². The van der Waals surface area contributed by atoms with E-state index in [-0.39, 0.29) is 11.4 Å². The largest absolute Gasteiger partial charge is 0.370 e. The number of hydrogen-bond donors (Lipinski definition) is 0. The molecule has 0 aromatic carbocycles. The van der Waals surface area contributed by atoms with Crippen LogP contribution in [0.15, 0.2) is 30.7 Å². The zero-order valence-electron chi connectivity index (χ0n) is 17.3. The van der Waals surface area contributed by atoms with Crippen LogP contribution in [0.4, 0.5) is 4.39 Å². The van der Waals surface area contributed by atoms with E-state index in [1.807, 2.05) is 17.5 Å². The molecule has 1 fully saturated rings. The highest BCUT2D eigenvalue weighted by Crippen LogP contribution is 2.46. The number of thiophene rings is 1. The average molecular weight is 428 g/mol. The third-order valence-corrected chi connectivity index (χ3v) is 7.66. The normalized spacial score (nSPS) is 24.3. The monoisotopic (exact) mass is 427 g/mol. The number of piperidine rings is 1. The smallest absolute Gasteiger partial charge is 0.143 e. The Labute approximate surface area is 179 Å². The second-order valence-corrected chi connectivity index (χ2v) is 9.51. The Morgan fingerprint density at radius 2 is 2.23 bits per heavy atom. The molecule has 0 saturated carbocycles. The van der Waals surface area contributed by atoms with Gasteiger partial charge in [0.2, 0.25) is 0 Å². The van der Waals surface area contributed by atoms with Crippen molar-refractivity contribution in [1.29, 1.82) is 0 Å². The van der Waals surface area contributed by atoms with Gasteiger partial charge in [-0.1, -0.05) is 12.1 Å². The van der Waals surface area contributed by atoms with E-state index in [1.165, 1.54) is 27.6 Å². The Morgan fingerprint density at radius 3 is 3.03 bits per heavy atom. The van der Waals surface area contributed by atoms with Crippen LogP contribution in [-0.4, -0.2) is 44.1 Å². The Balaban J connectivity index is 1.30. The highest BCUT2D eigenvalue weighted by molar-refractivity contribution is 7.12. The van der Waals surface area contributed by atoms with E-state index in [0.29, 0.717) is 11.7 Å². The number of aryl methyl sites for hydroxylation is 1. The molecule has 2 atom stereocenters. The van der Waals surface area contributed by atoms with Crippen molar-refractivity contribution in [2.75, 3.05) is 13.2 Å². The molecule has 1 spiro atoms. The lowest BCUT2D eigenvalue weighted by atomic mass is 9.79. The lowest BCUT2D eigenvalue weighted by molar-refractivity contribution is -0.112. The van der Waals surface area contributed by atoms with Gasteiger partial charge in [0.25, 0.3) is 0 Å². The van der Waals surface area contributed by atoms with Gasteiger partial charge in [0.15, 0.2) is 0 Å². The molecule has 0 radical (unpaired) electrons. The minimum absolute atomic E-state index is 0.141. The molecule has 3 aromatic heterocycles. The molecule has 6 nitrogen and oxygen atoms in total. The van der Waals surface area contributed by atoms with Crippen LogP contribution in [0.25, 0.3) is 5.69 Å². The lowest BCUT2D eigenvalue weighted by Gasteiger charge is -2.47. The summed E-state index contributed by atoms with van der Waals surface area (Å²) in [5.41, 5.74) is 2.74. The van der Waals surface area contributed by atoms with E-state index in [0.717, 1.165) is 51.1 Å². The van der Waals surface area contributed by atoms with Gasteiger partial charge in [0.05, 0.1) is 42.2 Å². The first-order chi connectivity index (χ1) is 14.6. The Hall–Kier alpha value is -2.16. The van der Waals surface area contributed by atoms with Gasteiger partial charge in [-0.05, 0) is 37.8 Å². The maximum absolute atomic E-state index is 13.4. The van der Waals surface area contributed by atoms with E-state index in [2.05, 4.69) is 40.1 Å². The molecule has 30 heavy (non-hydrogen) atoms. The maximum atomic E-state index is 13.4. The van der Waals surface area contributed by atoms with E-state index >= 15 is 0 Å². The molecular formula is C22H26FN5OS. The Kier molecular flexibility index (Phi) is 5.16. The summed E-state index contributed by atoms with van der Waals surface area (Å²) in [5, 5.41) is 8.45. The fraction of sp³-hybridized carbons (Fsp3) is 0.500. The summed E-state index contributed by atoms with van der Waals surface area (Å²) in [6, 6.07) is 4.16. The zero-order chi connectivity index (χ0) is 20.7. The number of ether oxygens (including phenoxy) is 1. The molecule has 2 aliphatic heterocycles. The van der Waals surface area contributed by atoms with Crippen molar-refractivity contribution >= 4 is 11.3 Å². The number of nitrogens with zero attached hydrogens (tertiary/aromatic N) is 5. The number of rotatable bonds is 4. The van der Waals surface area contributed by atoms with Gasteiger partial charge in [-0.2, -0.15) is 0 Å². The number of likely N-dealkylation sites (tertiary alicyclic amines) is 1. The number of aromatic nitrogens is 4. The highest BCUT2D eigenvalue weighted by atomic mass is 32.1. The molecule has 8 heteroatoms. The first-order valence-corrected chi connectivity index (χ1v) is 11.4. The minimum Gasteiger partial charge on any atom is -0.370 e. The first kappa shape index (κ1) is 19.8. The molecular weight excluding hydrogens is 401 g/mol. The molecule has 158 valence electrons. The fourth-order valence-electron chi connectivity index (χ4n) is 4.74. The van der Waals surface area contributed by atoms with Crippen LogP contribution >= 0.6 is 11.3 Å². The van der Waals surface area contributed by atoms with Crippen molar-refractivity contribution in [2.24, 2.45) is 0 Å². The Bertz CT molecular complexity index is 1050.